The van der Waals surface area contributed by atoms with Gasteiger partial charge in [-0.3, -0.25) is 24.3 Å². The van der Waals surface area contributed by atoms with Crippen LogP contribution in [0, 0.1) is 23.6 Å². The summed E-state index contributed by atoms with van der Waals surface area (Å²) in [6, 6.07) is 7.95. The number of aliphatic carboxylic acids is 1. The number of amides is 3. The molecule has 0 spiro atoms. The summed E-state index contributed by atoms with van der Waals surface area (Å²) in [6.45, 7) is 5.38. The monoisotopic (exact) mass is 856 g/mol. The zero-order valence-electron chi connectivity index (χ0n) is 32.5. The molecule has 320 valence electrons. The van der Waals surface area contributed by atoms with Gasteiger partial charge in [0.1, 0.15) is 5.82 Å². The number of aromatic amines is 2. The number of carbonyl (C=O) groups excluding carboxylic acids is 3. The van der Waals surface area contributed by atoms with Crippen LogP contribution in [0.2, 0.25) is 5.02 Å². The van der Waals surface area contributed by atoms with Gasteiger partial charge in [0, 0.05) is 79.3 Å². The first kappa shape index (κ1) is 42.6. The molecule has 7 rings (SSSR count). The van der Waals surface area contributed by atoms with E-state index in [9.17, 15) is 36.7 Å². The van der Waals surface area contributed by atoms with Crippen LogP contribution >= 0.6 is 11.6 Å². The molecule has 1 unspecified atom stereocenters. The van der Waals surface area contributed by atoms with E-state index in [0.29, 0.717) is 32.6 Å². The molecule has 2 aromatic heterocycles. The number of aromatic nitrogens is 4. The van der Waals surface area contributed by atoms with Crippen molar-refractivity contribution in [2.24, 2.45) is 17.8 Å². The lowest BCUT2D eigenvalue weighted by Gasteiger charge is -2.45. The smallest absolute Gasteiger partial charge is 0.435 e. The van der Waals surface area contributed by atoms with E-state index in [4.69, 9.17) is 22.4 Å². The number of carboxylic acid groups (broad SMARTS) is 1. The van der Waals surface area contributed by atoms with Crippen molar-refractivity contribution >= 4 is 46.7 Å². The SMILES string of the molecule is Nc1ccc(-c2[nH]nc(C(F)(F)F)c2Cc2cnc(C(=O)Nc3ccc(C(=O)N4CCN(C(=O)C(C5CCN(CCCC(=O)O)CC5)C5CNC5)CC4)c(Cl)c3)[nH]2)c(F)c1. The molecule has 5 heterocycles. The number of carbonyl (C=O) groups is 4. The number of piperazine rings is 1. The lowest BCUT2D eigenvalue weighted by molar-refractivity contribution is -0.143. The highest BCUT2D eigenvalue weighted by atomic mass is 35.5. The Labute approximate surface area is 347 Å². The summed E-state index contributed by atoms with van der Waals surface area (Å²) in [5, 5.41) is 20.6. The number of hydrogen-bond acceptors (Lipinski definition) is 9. The normalized spacial score (nSPS) is 17.4. The average molecular weight is 857 g/mol. The molecule has 3 saturated heterocycles. The summed E-state index contributed by atoms with van der Waals surface area (Å²) in [4.78, 5) is 64.1. The van der Waals surface area contributed by atoms with E-state index in [-0.39, 0.29) is 86.3 Å². The topological polar surface area (TPSA) is 206 Å². The minimum absolute atomic E-state index is 0.0744. The number of nitrogens with one attached hydrogen (secondary N) is 4. The molecule has 0 bridgehead atoms. The first-order valence-corrected chi connectivity index (χ1v) is 20.1. The molecule has 3 fully saturated rings. The van der Waals surface area contributed by atoms with Crippen molar-refractivity contribution in [1.29, 1.82) is 0 Å². The van der Waals surface area contributed by atoms with Gasteiger partial charge in [-0.25, -0.2) is 9.37 Å². The zero-order chi connectivity index (χ0) is 42.7. The highest BCUT2D eigenvalue weighted by molar-refractivity contribution is 6.34. The summed E-state index contributed by atoms with van der Waals surface area (Å²) in [6.07, 6.45) is -1.59. The number of halogens is 5. The van der Waals surface area contributed by atoms with Crippen LogP contribution in [-0.2, 0) is 22.2 Å². The largest absolute Gasteiger partial charge is 0.481 e. The molecular weight excluding hydrogens is 812 g/mol. The third-order valence-corrected chi connectivity index (χ3v) is 11.9. The fourth-order valence-electron chi connectivity index (χ4n) is 8.29. The Bertz CT molecular complexity index is 2230. The van der Waals surface area contributed by atoms with Gasteiger partial charge in [0.15, 0.2) is 11.5 Å². The first-order chi connectivity index (χ1) is 28.7. The summed E-state index contributed by atoms with van der Waals surface area (Å²) in [7, 11) is 0. The molecule has 20 heteroatoms. The van der Waals surface area contributed by atoms with Gasteiger partial charge in [0.25, 0.3) is 11.8 Å². The van der Waals surface area contributed by atoms with E-state index in [2.05, 4.69) is 35.7 Å². The van der Waals surface area contributed by atoms with E-state index in [1.54, 1.807) is 4.90 Å². The van der Waals surface area contributed by atoms with E-state index in [0.717, 1.165) is 51.6 Å². The van der Waals surface area contributed by atoms with Gasteiger partial charge in [-0.05, 0) is 100 Å². The molecule has 3 aliphatic rings. The Balaban J connectivity index is 0.939. The van der Waals surface area contributed by atoms with Crippen molar-refractivity contribution in [2.45, 2.75) is 38.3 Å². The number of nitrogens with zero attached hydrogens (tertiary/aromatic N) is 5. The molecule has 0 saturated carbocycles. The van der Waals surface area contributed by atoms with E-state index < -0.39 is 36.0 Å². The van der Waals surface area contributed by atoms with Crippen LogP contribution < -0.4 is 16.4 Å². The number of hydrogen-bond donors (Lipinski definition) is 6. The quantitative estimate of drug-likeness (QED) is 0.0806. The minimum atomic E-state index is -4.86. The van der Waals surface area contributed by atoms with Gasteiger partial charge in [-0.15, -0.1) is 0 Å². The molecule has 7 N–H and O–H groups in total. The second kappa shape index (κ2) is 18.0. The van der Waals surface area contributed by atoms with Crippen LogP contribution in [0.5, 0.6) is 0 Å². The minimum Gasteiger partial charge on any atom is -0.481 e. The van der Waals surface area contributed by atoms with Crippen molar-refractivity contribution in [2.75, 3.05) is 70.0 Å². The highest BCUT2D eigenvalue weighted by Crippen LogP contribution is 2.38. The highest BCUT2D eigenvalue weighted by Gasteiger charge is 2.42. The standard InChI is InChI=1S/C40H45ClF4N10O5/c41-30-18-25(50-37(58)36-48-21-26(49-36)17-29-34(51-52-35(29)40(43,44)45)28-5-3-24(46)16-31(28)42)4-6-27(30)38(59)54-12-14-55(15-13-54)39(60)33(23-19-47-20-23)22-7-10-53(11-8-22)9-1-2-32(56)57/h3-6,16,18,21-23,33,47H,1-2,7-15,17,19-20,46H2,(H,48,49)(H,50,58)(H,51,52)(H,56,57). The fraction of sp³-hybridized carbons (Fsp3) is 0.450. The molecule has 4 aromatic rings. The number of nitrogens with two attached hydrogens (primary N) is 1. The van der Waals surface area contributed by atoms with Crippen LogP contribution in [0.1, 0.15) is 63.6 Å². The van der Waals surface area contributed by atoms with Crippen LogP contribution in [-0.4, -0.2) is 123 Å². The molecule has 0 aliphatic carbocycles. The number of anilines is 2. The number of rotatable bonds is 13. The van der Waals surface area contributed by atoms with Crippen molar-refractivity contribution < 1.29 is 41.8 Å². The van der Waals surface area contributed by atoms with Crippen LogP contribution in [0.4, 0.5) is 28.9 Å². The number of H-pyrrole nitrogens is 2. The Morgan fingerprint density at radius 1 is 0.983 bits per heavy atom. The second-order valence-electron chi connectivity index (χ2n) is 15.5. The molecule has 3 amide bonds. The third-order valence-electron chi connectivity index (χ3n) is 11.6. The molecule has 15 nitrogen and oxygen atoms in total. The maximum atomic E-state index is 14.7. The van der Waals surface area contributed by atoms with Gasteiger partial charge in [0.2, 0.25) is 5.91 Å². The van der Waals surface area contributed by atoms with Gasteiger partial charge >= 0.3 is 12.1 Å². The number of likely N-dealkylation sites (tertiary alicyclic amines) is 1. The van der Waals surface area contributed by atoms with Crippen LogP contribution in [0.3, 0.4) is 0 Å². The van der Waals surface area contributed by atoms with Crippen molar-refractivity contribution in [1.82, 2.24) is 40.2 Å². The lowest BCUT2D eigenvalue weighted by Crippen LogP contribution is -2.58. The van der Waals surface area contributed by atoms with Crippen LogP contribution in [0.25, 0.3) is 11.3 Å². The summed E-state index contributed by atoms with van der Waals surface area (Å²) < 4.78 is 56.4. The zero-order valence-corrected chi connectivity index (χ0v) is 33.2. The number of imidazole rings is 1. The lowest BCUT2D eigenvalue weighted by atomic mass is 9.73. The maximum Gasteiger partial charge on any atom is 0.435 e. The third kappa shape index (κ3) is 9.58. The van der Waals surface area contributed by atoms with Crippen molar-refractivity contribution in [3.8, 4) is 11.3 Å². The second-order valence-corrected chi connectivity index (χ2v) is 15.9. The van der Waals surface area contributed by atoms with Crippen molar-refractivity contribution in [3.63, 3.8) is 0 Å². The Kier molecular flexibility index (Phi) is 12.8. The van der Waals surface area contributed by atoms with Gasteiger partial charge in [-0.1, -0.05) is 11.6 Å². The first-order valence-electron chi connectivity index (χ1n) is 19.7. The molecule has 60 heavy (non-hydrogen) atoms. The van der Waals surface area contributed by atoms with E-state index in [1.807, 2.05) is 4.90 Å². The van der Waals surface area contributed by atoms with Gasteiger partial charge in [0.05, 0.1) is 16.3 Å². The Morgan fingerprint density at radius 2 is 1.70 bits per heavy atom. The van der Waals surface area contributed by atoms with E-state index in [1.165, 1.54) is 36.5 Å². The molecular formula is C40H45ClF4N10O5. The van der Waals surface area contributed by atoms with Gasteiger partial charge < -0.3 is 41.2 Å². The fourth-order valence-corrected chi connectivity index (χ4v) is 8.56. The number of piperidine rings is 1. The number of alkyl halides is 3. The number of nitrogen functional groups attached to an aromatic ring is 1. The molecule has 1 atom stereocenters. The average Bonchev–Trinajstić information content (AvgIpc) is 3.84. The Morgan fingerprint density at radius 3 is 2.33 bits per heavy atom. The maximum absolute atomic E-state index is 14.7. The summed E-state index contributed by atoms with van der Waals surface area (Å²) in [5.74, 6) is -2.43. The molecule has 2 aromatic carbocycles. The number of benzene rings is 2. The summed E-state index contributed by atoms with van der Waals surface area (Å²) in [5.41, 5.74) is 4.27. The summed E-state index contributed by atoms with van der Waals surface area (Å²) >= 11 is 6.55. The number of carboxylic acids is 1. The molecule has 3 aliphatic heterocycles. The Hall–Kier alpha value is -5.53. The van der Waals surface area contributed by atoms with Gasteiger partial charge in [-0.2, -0.15) is 18.3 Å². The predicted molar refractivity (Wildman–Crippen MR) is 213 cm³/mol. The predicted octanol–water partition coefficient (Wildman–Crippen LogP) is 4.73. The van der Waals surface area contributed by atoms with E-state index >= 15 is 0 Å². The molecule has 0 radical (unpaired) electrons. The van der Waals surface area contributed by atoms with Crippen LogP contribution in [0.15, 0.2) is 42.6 Å². The van der Waals surface area contributed by atoms with Crippen molar-refractivity contribution in [3.05, 3.63) is 81.8 Å².